The fraction of sp³-hybridized carbons (Fsp3) is 0.360. The van der Waals surface area contributed by atoms with Gasteiger partial charge >= 0.3 is 0 Å². The Hall–Kier alpha value is -2.92. The summed E-state index contributed by atoms with van der Waals surface area (Å²) in [6.07, 6.45) is 4.63. The lowest BCUT2D eigenvalue weighted by Gasteiger charge is -2.36. The average molecular weight is 407 g/mol. The maximum Gasteiger partial charge on any atom is 0.241 e. The predicted octanol–water partition coefficient (Wildman–Crippen LogP) is 4.10. The van der Waals surface area contributed by atoms with Gasteiger partial charge < -0.3 is 15.4 Å². The van der Waals surface area contributed by atoms with Crippen molar-refractivity contribution >= 4 is 11.8 Å². The monoisotopic (exact) mass is 406 g/mol. The van der Waals surface area contributed by atoms with Crippen molar-refractivity contribution in [1.29, 1.82) is 0 Å². The number of hydrogen-bond donors (Lipinski definition) is 2. The smallest absolute Gasteiger partial charge is 0.241 e. The lowest BCUT2D eigenvalue weighted by Crippen LogP contribution is -2.59. The van der Waals surface area contributed by atoms with Crippen molar-refractivity contribution in [3.05, 3.63) is 84.2 Å². The minimum Gasteiger partial charge on any atom is -0.377 e. The highest BCUT2D eigenvalue weighted by atomic mass is 16.5. The van der Waals surface area contributed by atoms with E-state index >= 15 is 0 Å². The summed E-state index contributed by atoms with van der Waals surface area (Å²) in [4.78, 5) is 25.7. The van der Waals surface area contributed by atoms with Gasteiger partial charge in [0.15, 0.2) is 0 Å². The SMILES string of the molecule is C=C1NC(=O)C(CCCCCCOCc2ccccc2)(Cc2ccccc2)C(=O)N1. The molecule has 5 nitrogen and oxygen atoms in total. The van der Waals surface area contributed by atoms with Crippen molar-refractivity contribution in [2.45, 2.75) is 45.1 Å². The highest BCUT2D eigenvalue weighted by Crippen LogP contribution is 2.33. The zero-order chi connectivity index (χ0) is 21.2. The van der Waals surface area contributed by atoms with Gasteiger partial charge in [0.05, 0.1) is 6.61 Å². The fourth-order valence-corrected chi connectivity index (χ4v) is 3.82. The molecule has 2 aromatic carbocycles. The number of unbranched alkanes of at least 4 members (excludes halogenated alkanes) is 3. The van der Waals surface area contributed by atoms with Crippen LogP contribution in [-0.2, 0) is 27.4 Å². The van der Waals surface area contributed by atoms with Crippen LogP contribution >= 0.6 is 0 Å². The zero-order valence-electron chi connectivity index (χ0n) is 17.4. The molecule has 5 heteroatoms. The maximum atomic E-state index is 12.8. The van der Waals surface area contributed by atoms with Crippen LogP contribution in [0.1, 0.15) is 43.2 Å². The number of hydrogen-bond acceptors (Lipinski definition) is 3. The third-order valence-corrected chi connectivity index (χ3v) is 5.50. The number of carbonyl (C=O) groups is 2. The molecule has 0 aromatic heterocycles. The first-order chi connectivity index (χ1) is 14.6. The van der Waals surface area contributed by atoms with Crippen LogP contribution in [0.2, 0.25) is 0 Å². The average Bonchev–Trinajstić information content (AvgIpc) is 2.75. The minimum atomic E-state index is -1.09. The van der Waals surface area contributed by atoms with Crippen LogP contribution in [0.3, 0.4) is 0 Å². The van der Waals surface area contributed by atoms with Crippen LogP contribution in [0, 0.1) is 5.41 Å². The third kappa shape index (κ3) is 5.80. The first-order valence-electron chi connectivity index (χ1n) is 10.6. The standard InChI is InChI=1S/C25H30N2O3/c1-20-26-23(28)25(24(29)27-20,18-21-12-6-4-7-13-21)16-10-2-3-11-17-30-19-22-14-8-5-9-15-22/h4-9,12-15H,1-3,10-11,16-19H2,(H,26,28)(H,27,29). The van der Waals surface area contributed by atoms with E-state index in [1.807, 2.05) is 48.5 Å². The van der Waals surface area contributed by atoms with Gasteiger partial charge in [-0.15, -0.1) is 0 Å². The molecule has 1 aliphatic heterocycles. The predicted molar refractivity (Wildman–Crippen MR) is 117 cm³/mol. The molecule has 0 saturated carbocycles. The van der Waals surface area contributed by atoms with Crippen LogP contribution in [0.5, 0.6) is 0 Å². The third-order valence-electron chi connectivity index (χ3n) is 5.50. The number of amides is 2. The molecular weight excluding hydrogens is 376 g/mol. The van der Waals surface area contributed by atoms with Crippen LogP contribution in [0.4, 0.5) is 0 Å². The number of ether oxygens (including phenoxy) is 1. The first kappa shape index (κ1) is 21.8. The van der Waals surface area contributed by atoms with E-state index < -0.39 is 5.41 Å². The molecule has 0 radical (unpaired) electrons. The summed E-state index contributed by atoms with van der Waals surface area (Å²) in [7, 11) is 0. The highest BCUT2D eigenvalue weighted by molar-refractivity contribution is 6.08. The summed E-state index contributed by atoms with van der Waals surface area (Å²) < 4.78 is 5.72. The van der Waals surface area contributed by atoms with Crippen LogP contribution in [0.15, 0.2) is 73.1 Å². The molecule has 2 amide bonds. The summed E-state index contributed by atoms with van der Waals surface area (Å²) in [5.74, 6) is -0.262. The van der Waals surface area contributed by atoms with Crippen LogP contribution in [-0.4, -0.2) is 18.4 Å². The highest BCUT2D eigenvalue weighted by Gasteiger charge is 2.48. The number of rotatable bonds is 11. The Morgan fingerprint density at radius 3 is 1.97 bits per heavy atom. The van der Waals surface area contributed by atoms with Gasteiger partial charge in [0, 0.05) is 6.61 Å². The molecule has 2 aromatic rings. The van der Waals surface area contributed by atoms with Gasteiger partial charge in [-0.2, -0.15) is 0 Å². The molecule has 1 aliphatic rings. The Kier molecular flexibility index (Phi) is 7.80. The molecule has 0 bridgehead atoms. The van der Waals surface area contributed by atoms with Gasteiger partial charge in [-0.05, 0) is 30.4 Å². The van der Waals surface area contributed by atoms with Gasteiger partial charge in [0.2, 0.25) is 11.8 Å². The van der Waals surface area contributed by atoms with E-state index in [-0.39, 0.29) is 17.6 Å². The molecule has 30 heavy (non-hydrogen) atoms. The lowest BCUT2D eigenvalue weighted by atomic mass is 9.74. The molecule has 0 atom stereocenters. The molecule has 1 heterocycles. The largest absolute Gasteiger partial charge is 0.377 e. The summed E-state index contributed by atoms with van der Waals surface area (Å²) in [6, 6.07) is 19.8. The quantitative estimate of drug-likeness (QED) is 0.436. The molecule has 158 valence electrons. The van der Waals surface area contributed by atoms with Gasteiger partial charge in [0.25, 0.3) is 0 Å². The van der Waals surface area contributed by atoms with E-state index in [2.05, 4.69) is 29.3 Å². The molecule has 3 rings (SSSR count). The molecular formula is C25H30N2O3. The van der Waals surface area contributed by atoms with Gasteiger partial charge in [-0.1, -0.05) is 86.5 Å². The maximum absolute atomic E-state index is 12.8. The number of carbonyl (C=O) groups excluding carboxylic acids is 2. The van der Waals surface area contributed by atoms with Crippen molar-refractivity contribution in [3.8, 4) is 0 Å². The zero-order valence-corrected chi connectivity index (χ0v) is 17.4. The van der Waals surface area contributed by atoms with E-state index in [1.165, 1.54) is 5.56 Å². The van der Waals surface area contributed by atoms with Gasteiger partial charge in [-0.25, -0.2) is 0 Å². The van der Waals surface area contributed by atoms with Gasteiger partial charge in [-0.3, -0.25) is 9.59 Å². The van der Waals surface area contributed by atoms with E-state index in [9.17, 15) is 9.59 Å². The second-order valence-electron chi connectivity index (χ2n) is 7.83. The van der Waals surface area contributed by atoms with Crippen molar-refractivity contribution in [2.24, 2.45) is 5.41 Å². The minimum absolute atomic E-state index is 0.254. The summed E-state index contributed by atoms with van der Waals surface area (Å²) in [5, 5.41) is 5.44. The molecule has 2 N–H and O–H groups in total. The molecule has 0 spiro atoms. The Morgan fingerprint density at radius 2 is 1.33 bits per heavy atom. The van der Waals surface area contributed by atoms with E-state index in [0.29, 0.717) is 26.1 Å². The van der Waals surface area contributed by atoms with E-state index in [1.54, 1.807) is 0 Å². The summed E-state index contributed by atoms with van der Waals surface area (Å²) >= 11 is 0. The van der Waals surface area contributed by atoms with Crippen LogP contribution in [0.25, 0.3) is 0 Å². The Bertz CT molecular complexity index is 829. The summed E-state index contributed by atoms with van der Waals surface area (Å²) in [5.41, 5.74) is 1.06. The molecule has 0 unspecified atom stereocenters. The van der Waals surface area contributed by atoms with Crippen molar-refractivity contribution in [2.75, 3.05) is 6.61 Å². The van der Waals surface area contributed by atoms with Crippen molar-refractivity contribution in [1.82, 2.24) is 10.6 Å². The topological polar surface area (TPSA) is 67.4 Å². The second-order valence-corrected chi connectivity index (χ2v) is 7.83. The Labute approximate surface area is 178 Å². The van der Waals surface area contributed by atoms with Crippen LogP contribution < -0.4 is 10.6 Å². The van der Waals surface area contributed by atoms with E-state index in [0.717, 1.165) is 31.2 Å². The van der Waals surface area contributed by atoms with Crippen molar-refractivity contribution in [3.63, 3.8) is 0 Å². The fourth-order valence-electron chi connectivity index (χ4n) is 3.82. The van der Waals surface area contributed by atoms with Gasteiger partial charge in [0.1, 0.15) is 11.2 Å². The molecule has 1 saturated heterocycles. The summed E-state index contributed by atoms with van der Waals surface area (Å²) in [6.45, 7) is 5.01. The Morgan fingerprint density at radius 1 is 0.767 bits per heavy atom. The second kappa shape index (κ2) is 10.7. The lowest BCUT2D eigenvalue weighted by molar-refractivity contribution is -0.146. The Balaban J connectivity index is 1.46. The number of benzene rings is 2. The first-order valence-corrected chi connectivity index (χ1v) is 10.6. The molecule has 1 fully saturated rings. The van der Waals surface area contributed by atoms with Crippen molar-refractivity contribution < 1.29 is 14.3 Å². The molecule has 0 aliphatic carbocycles. The normalized spacial score (nSPS) is 15.5. The van der Waals surface area contributed by atoms with E-state index in [4.69, 9.17) is 4.74 Å². The number of nitrogens with one attached hydrogen (secondary N) is 2.